The van der Waals surface area contributed by atoms with Gasteiger partial charge in [-0.2, -0.15) is 0 Å². The van der Waals surface area contributed by atoms with Crippen molar-refractivity contribution in [2.45, 2.75) is 26.6 Å². The monoisotopic (exact) mass is 263 g/mol. The molecule has 1 aliphatic rings. The van der Waals surface area contributed by atoms with E-state index in [0.717, 1.165) is 17.5 Å². The Morgan fingerprint density at radius 1 is 1.33 bits per heavy atom. The number of nitrogens with zero attached hydrogens (tertiary/aromatic N) is 1. The number of fused-ring (bicyclic) bond motifs is 3. The normalized spacial score (nSPS) is 13.0. The van der Waals surface area contributed by atoms with Gasteiger partial charge < -0.3 is 9.53 Å². The van der Waals surface area contributed by atoms with E-state index in [4.69, 9.17) is 21.1 Å². The van der Waals surface area contributed by atoms with Crippen LogP contribution >= 0.6 is 11.6 Å². The summed E-state index contributed by atoms with van der Waals surface area (Å²) in [6, 6.07) is 6.39. The first-order chi connectivity index (χ1) is 8.79. The van der Waals surface area contributed by atoms with Gasteiger partial charge in [-0.15, -0.1) is 0 Å². The van der Waals surface area contributed by atoms with Gasteiger partial charge in [0.15, 0.2) is 0 Å². The van der Waals surface area contributed by atoms with Crippen LogP contribution in [0.2, 0.25) is 5.15 Å². The second-order valence-corrected chi connectivity index (χ2v) is 4.42. The lowest BCUT2D eigenvalue weighted by Crippen LogP contribution is -1.92. The van der Waals surface area contributed by atoms with Crippen LogP contribution in [0.25, 0.3) is 10.9 Å². The molecule has 0 saturated carbocycles. The summed E-state index contributed by atoms with van der Waals surface area (Å²) in [7, 11) is 0. The number of ether oxygens (including phenoxy) is 1. The molecule has 4 heteroatoms. The molecular formula is C14H14ClNO2. The maximum atomic E-state index is 8.00. The molecule has 0 spiro atoms. The number of rotatable bonds is 1. The number of benzene rings is 1. The van der Waals surface area contributed by atoms with Crippen LogP contribution in [0.15, 0.2) is 18.2 Å². The Kier molecular flexibility index (Phi) is 3.94. The molecule has 0 atom stereocenters. The molecule has 3 rings (SSSR count). The maximum Gasteiger partial charge on any atom is 0.135 e. The standard InChI is InChI=1S/C13H12ClNO.CH2O/c1-2-8-3-4-9-10-6-16-7-11(10)13(14)15-12(9)5-8;1-2/h3-5H,2,6-7H2,1H3;1H2. The number of hydrogen-bond donors (Lipinski definition) is 0. The Bertz CT molecular complexity index is 584. The van der Waals surface area contributed by atoms with Gasteiger partial charge in [-0.25, -0.2) is 4.98 Å². The van der Waals surface area contributed by atoms with Crippen LogP contribution in [-0.4, -0.2) is 11.8 Å². The molecule has 0 aliphatic carbocycles. The fourth-order valence-corrected chi connectivity index (χ4v) is 2.43. The molecule has 3 nitrogen and oxygen atoms in total. The zero-order valence-corrected chi connectivity index (χ0v) is 11.0. The van der Waals surface area contributed by atoms with Gasteiger partial charge in [-0.05, 0) is 23.6 Å². The van der Waals surface area contributed by atoms with Gasteiger partial charge in [0.2, 0.25) is 0 Å². The van der Waals surface area contributed by atoms with Crippen LogP contribution in [0, 0.1) is 0 Å². The van der Waals surface area contributed by atoms with Crippen LogP contribution in [-0.2, 0) is 29.2 Å². The van der Waals surface area contributed by atoms with Crippen molar-refractivity contribution in [3.05, 3.63) is 40.0 Å². The van der Waals surface area contributed by atoms with E-state index in [-0.39, 0.29) is 0 Å². The highest BCUT2D eigenvalue weighted by molar-refractivity contribution is 6.30. The summed E-state index contributed by atoms with van der Waals surface area (Å²) >= 11 is 6.15. The molecule has 2 aromatic rings. The molecule has 0 saturated heterocycles. The van der Waals surface area contributed by atoms with E-state index in [1.165, 1.54) is 16.5 Å². The summed E-state index contributed by atoms with van der Waals surface area (Å²) < 4.78 is 5.44. The highest BCUT2D eigenvalue weighted by atomic mass is 35.5. The van der Waals surface area contributed by atoms with Crippen LogP contribution in [0.1, 0.15) is 23.6 Å². The van der Waals surface area contributed by atoms with Gasteiger partial charge in [0.05, 0.1) is 18.7 Å². The predicted octanol–water partition coefficient (Wildman–Crippen LogP) is 3.30. The molecule has 18 heavy (non-hydrogen) atoms. The first kappa shape index (κ1) is 13.0. The second-order valence-electron chi connectivity index (χ2n) is 4.06. The van der Waals surface area contributed by atoms with Crippen LogP contribution in [0.3, 0.4) is 0 Å². The van der Waals surface area contributed by atoms with Crippen LogP contribution in [0.5, 0.6) is 0 Å². The zero-order chi connectivity index (χ0) is 13.1. The van der Waals surface area contributed by atoms with Crippen molar-refractivity contribution in [2.24, 2.45) is 0 Å². The van der Waals surface area contributed by atoms with E-state index in [1.54, 1.807) is 0 Å². The van der Waals surface area contributed by atoms with Crippen LogP contribution in [0.4, 0.5) is 0 Å². The third kappa shape index (κ3) is 2.11. The third-order valence-corrected chi connectivity index (χ3v) is 3.43. The smallest absolute Gasteiger partial charge is 0.135 e. The maximum absolute atomic E-state index is 8.00. The zero-order valence-electron chi connectivity index (χ0n) is 10.2. The Balaban J connectivity index is 0.000000574. The number of aryl methyl sites for hydroxylation is 1. The average molecular weight is 264 g/mol. The second kappa shape index (κ2) is 5.46. The molecule has 94 valence electrons. The fourth-order valence-electron chi connectivity index (χ4n) is 2.17. The number of aromatic nitrogens is 1. The third-order valence-electron chi connectivity index (χ3n) is 3.12. The molecule has 1 aliphatic heterocycles. The number of halogens is 1. The summed E-state index contributed by atoms with van der Waals surface area (Å²) in [6.07, 6.45) is 1.02. The molecule has 0 radical (unpaired) electrons. The number of carbonyl (C=O) groups excluding carboxylic acids is 1. The van der Waals surface area contributed by atoms with Crippen molar-refractivity contribution < 1.29 is 9.53 Å². The summed E-state index contributed by atoms with van der Waals surface area (Å²) in [5.41, 5.74) is 4.53. The molecule has 1 aromatic heterocycles. The summed E-state index contributed by atoms with van der Waals surface area (Å²) in [5, 5.41) is 1.77. The van der Waals surface area contributed by atoms with Gasteiger partial charge in [0, 0.05) is 10.9 Å². The summed E-state index contributed by atoms with van der Waals surface area (Å²) in [4.78, 5) is 12.4. The fraction of sp³-hybridized carbons (Fsp3) is 0.286. The lowest BCUT2D eigenvalue weighted by molar-refractivity contribution is -0.0979. The van der Waals surface area contributed by atoms with Crippen molar-refractivity contribution >= 4 is 29.3 Å². The molecule has 0 bridgehead atoms. The average Bonchev–Trinajstić information content (AvgIpc) is 2.90. The Hall–Kier alpha value is -1.45. The van der Waals surface area contributed by atoms with Gasteiger partial charge in [0.1, 0.15) is 11.9 Å². The van der Waals surface area contributed by atoms with Gasteiger partial charge in [0.25, 0.3) is 0 Å². The number of hydrogen-bond acceptors (Lipinski definition) is 3. The quantitative estimate of drug-likeness (QED) is 0.741. The topological polar surface area (TPSA) is 39.2 Å². The van der Waals surface area contributed by atoms with Crippen molar-refractivity contribution in [1.82, 2.24) is 4.98 Å². The molecule has 0 unspecified atom stereocenters. The summed E-state index contributed by atoms with van der Waals surface area (Å²) in [5.74, 6) is 0. The molecule has 0 N–H and O–H groups in total. The highest BCUT2D eigenvalue weighted by Crippen LogP contribution is 2.32. The summed E-state index contributed by atoms with van der Waals surface area (Å²) in [6.45, 7) is 5.38. The Morgan fingerprint density at radius 3 is 2.78 bits per heavy atom. The number of carbonyl (C=O) groups is 1. The minimum absolute atomic E-state index is 0.590. The first-order valence-corrected chi connectivity index (χ1v) is 6.14. The SMILES string of the molecule is C=O.CCc1ccc2c3c(c(Cl)nc2c1)COC3. The molecular weight excluding hydrogens is 250 g/mol. The Labute approximate surface area is 111 Å². The minimum atomic E-state index is 0.590. The molecule has 0 fully saturated rings. The van der Waals surface area contributed by atoms with E-state index < -0.39 is 0 Å². The van der Waals surface area contributed by atoms with Crippen LogP contribution < -0.4 is 0 Å². The van der Waals surface area contributed by atoms with Gasteiger partial charge >= 0.3 is 0 Å². The van der Waals surface area contributed by atoms with Crippen molar-refractivity contribution in [2.75, 3.05) is 0 Å². The lowest BCUT2D eigenvalue weighted by atomic mass is 10.0. The van der Waals surface area contributed by atoms with Crippen molar-refractivity contribution in [3.8, 4) is 0 Å². The van der Waals surface area contributed by atoms with Crippen molar-refractivity contribution in [3.63, 3.8) is 0 Å². The number of pyridine rings is 1. The molecule has 1 aromatic carbocycles. The lowest BCUT2D eigenvalue weighted by Gasteiger charge is -2.06. The largest absolute Gasteiger partial charge is 0.372 e. The Morgan fingerprint density at radius 2 is 2.06 bits per heavy atom. The van der Waals surface area contributed by atoms with Crippen molar-refractivity contribution in [1.29, 1.82) is 0 Å². The van der Waals surface area contributed by atoms with E-state index in [9.17, 15) is 0 Å². The van der Waals surface area contributed by atoms with E-state index >= 15 is 0 Å². The molecule has 0 amide bonds. The minimum Gasteiger partial charge on any atom is -0.372 e. The van der Waals surface area contributed by atoms with E-state index in [0.29, 0.717) is 18.4 Å². The van der Waals surface area contributed by atoms with Gasteiger partial charge in [-0.3, -0.25) is 0 Å². The highest BCUT2D eigenvalue weighted by Gasteiger charge is 2.19. The molecule has 2 heterocycles. The first-order valence-electron chi connectivity index (χ1n) is 5.76. The predicted molar refractivity (Wildman–Crippen MR) is 71.7 cm³/mol. The van der Waals surface area contributed by atoms with E-state index in [1.807, 2.05) is 6.79 Å². The van der Waals surface area contributed by atoms with E-state index in [2.05, 4.69) is 30.1 Å². The van der Waals surface area contributed by atoms with Gasteiger partial charge in [-0.1, -0.05) is 30.7 Å².